The SMILES string of the molecule is COc1cc2c(cc1NC(=S)NC(C)(C)C)CCCC(=O)N2Cc1cccc(F)c1. The van der Waals surface area contributed by atoms with E-state index in [1.165, 1.54) is 12.1 Å². The van der Waals surface area contributed by atoms with Gasteiger partial charge in [0, 0.05) is 18.0 Å². The van der Waals surface area contributed by atoms with Crippen molar-refractivity contribution in [2.75, 3.05) is 17.3 Å². The van der Waals surface area contributed by atoms with Gasteiger partial charge in [0.05, 0.1) is 25.0 Å². The van der Waals surface area contributed by atoms with E-state index in [1.54, 1.807) is 18.1 Å². The summed E-state index contributed by atoms with van der Waals surface area (Å²) in [5, 5.41) is 6.95. The van der Waals surface area contributed by atoms with Crippen molar-refractivity contribution < 1.29 is 13.9 Å². The molecule has 0 saturated heterocycles. The number of benzene rings is 2. The van der Waals surface area contributed by atoms with Crippen molar-refractivity contribution in [1.29, 1.82) is 0 Å². The average molecular weight is 430 g/mol. The van der Waals surface area contributed by atoms with E-state index in [2.05, 4.69) is 10.6 Å². The minimum absolute atomic E-state index is 0.0192. The maximum atomic E-state index is 13.7. The summed E-state index contributed by atoms with van der Waals surface area (Å²) in [6, 6.07) is 10.2. The highest BCUT2D eigenvalue weighted by Gasteiger charge is 2.25. The van der Waals surface area contributed by atoms with Crippen molar-refractivity contribution in [3.8, 4) is 5.75 Å². The van der Waals surface area contributed by atoms with Crippen LogP contribution in [0.4, 0.5) is 15.8 Å². The molecule has 5 nitrogen and oxygen atoms in total. The Hall–Kier alpha value is -2.67. The molecule has 0 fully saturated rings. The first-order chi connectivity index (χ1) is 14.2. The molecule has 1 heterocycles. The molecule has 2 N–H and O–H groups in total. The van der Waals surface area contributed by atoms with Crippen LogP contribution in [-0.4, -0.2) is 23.7 Å². The molecule has 0 bridgehead atoms. The van der Waals surface area contributed by atoms with Crippen molar-refractivity contribution >= 4 is 34.6 Å². The number of ether oxygens (including phenoxy) is 1. The summed E-state index contributed by atoms with van der Waals surface area (Å²) in [4.78, 5) is 14.5. The molecule has 0 unspecified atom stereocenters. The van der Waals surface area contributed by atoms with Crippen molar-refractivity contribution in [2.24, 2.45) is 0 Å². The maximum absolute atomic E-state index is 13.7. The first-order valence-electron chi connectivity index (χ1n) is 10.0. The number of nitrogens with zero attached hydrogens (tertiary/aromatic N) is 1. The van der Waals surface area contributed by atoms with Gasteiger partial charge in [-0.1, -0.05) is 12.1 Å². The summed E-state index contributed by atoms with van der Waals surface area (Å²) in [5.41, 5.74) is 3.14. The topological polar surface area (TPSA) is 53.6 Å². The number of thiocarbonyl (C=S) groups is 1. The van der Waals surface area contributed by atoms with Gasteiger partial charge in [0.1, 0.15) is 11.6 Å². The third-order valence-electron chi connectivity index (χ3n) is 4.80. The smallest absolute Gasteiger partial charge is 0.227 e. The van der Waals surface area contributed by atoms with Gasteiger partial charge >= 0.3 is 0 Å². The molecule has 0 aliphatic carbocycles. The summed E-state index contributed by atoms with van der Waals surface area (Å²) < 4.78 is 19.2. The summed E-state index contributed by atoms with van der Waals surface area (Å²) in [5.74, 6) is 0.295. The Kier molecular flexibility index (Phi) is 6.61. The second-order valence-corrected chi connectivity index (χ2v) is 8.88. The van der Waals surface area contributed by atoms with Gasteiger partial charge < -0.3 is 20.3 Å². The molecule has 30 heavy (non-hydrogen) atoms. The highest BCUT2D eigenvalue weighted by molar-refractivity contribution is 7.80. The fourth-order valence-corrected chi connectivity index (χ4v) is 3.93. The summed E-state index contributed by atoms with van der Waals surface area (Å²) in [7, 11) is 1.59. The van der Waals surface area contributed by atoms with Gasteiger partial charge in [-0.05, 0) is 75.2 Å². The van der Waals surface area contributed by atoms with E-state index in [1.807, 2.05) is 39.0 Å². The van der Waals surface area contributed by atoms with Gasteiger partial charge in [0.2, 0.25) is 5.91 Å². The molecular formula is C23H28FN3O2S. The lowest BCUT2D eigenvalue weighted by Crippen LogP contribution is -2.43. The normalized spacial score (nSPS) is 14.0. The molecule has 0 atom stereocenters. The van der Waals surface area contributed by atoms with Crippen molar-refractivity contribution in [3.63, 3.8) is 0 Å². The lowest BCUT2D eigenvalue weighted by molar-refractivity contribution is -0.118. The number of rotatable bonds is 4. The second-order valence-electron chi connectivity index (χ2n) is 8.47. The van der Waals surface area contributed by atoms with E-state index in [4.69, 9.17) is 17.0 Å². The van der Waals surface area contributed by atoms with E-state index >= 15 is 0 Å². The van der Waals surface area contributed by atoms with Gasteiger partial charge in [-0.3, -0.25) is 4.79 Å². The highest BCUT2D eigenvalue weighted by atomic mass is 32.1. The Morgan fingerprint density at radius 3 is 2.67 bits per heavy atom. The van der Waals surface area contributed by atoms with Crippen LogP contribution in [0.25, 0.3) is 0 Å². The zero-order chi connectivity index (χ0) is 21.9. The Labute approximate surface area is 182 Å². The number of methoxy groups -OCH3 is 1. The average Bonchev–Trinajstić information content (AvgIpc) is 2.78. The van der Waals surface area contributed by atoms with E-state index in [9.17, 15) is 9.18 Å². The zero-order valence-electron chi connectivity index (χ0n) is 17.8. The largest absolute Gasteiger partial charge is 0.494 e. The number of hydrogen-bond donors (Lipinski definition) is 2. The van der Waals surface area contributed by atoms with Crippen LogP contribution < -0.4 is 20.3 Å². The van der Waals surface area contributed by atoms with Crippen LogP contribution in [0.3, 0.4) is 0 Å². The predicted molar refractivity (Wildman–Crippen MR) is 123 cm³/mol. The number of carbonyl (C=O) groups is 1. The number of amides is 1. The van der Waals surface area contributed by atoms with Crippen molar-refractivity contribution in [1.82, 2.24) is 5.32 Å². The van der Waals surface area contributed by atoms with Gasteiger partial charge in [0.15, 0.2) is 5.11 Å². The molecule has 7 heteroatoms. The molecule has 1 aliphatic heterocycles. The molecule has 0 spiro atoms. The Bertz CT molecular complexity index is 956. The lowest BCUT2D eigenvalue weighted by atomic mass is 10.1. The summed E-state index contributed by atoms with van der Waals surface area (Å²) in [6.07, 6.45) is 1.96. The molecule has 2 aromatic rings. The van der Waals surface area contributed by atoms with Crippen LogP contribution in [-0.2, 0) is 17.8 Å². The van der Waals surface area contributed by atoms with Crippen molar-refractivity contribution in [3.05, 3.63) is 53.3 Å². The van der Waals surface area contributed by atoms with Gasteiger partial charge in [-0.15, -0.1) is 0 Å². The molecule has 2 aromatic carbocycles. The molecule has 1 aliphatic rings. The number of halogens is 1. The van der Waals surface area contributed by atoms with Crippen LogP contribution in [0.2, 0.25) is 0 Å². The van der Waals surface area contributed by atoms with E-state index < -0.39 is 0 Å². The minimum atomic E-state index is -0.313. The fraction of sp³-hybridized carbons (Fsp3) is 0.391. The van der Waals surface area contributed by atoms with Crippen LogP contribution in [0.5, 0.6) is 5.75 Å². The minimum Gasteiger partial charge on any atom is -0.494 e. The molecule has 160 valence electrons. The van der Waals surface area contributed by atoms with Crippen LogP contribution in [0, 0.1) is 5.82 Å². The second kappa shape index (κ2) is 9.00. The molecule has 0 saturated carbocycles. The number of hydrogen-bond acceptors (Lipinski definition) is 3. The highest BCUT2D eigenvalue weighted by Crippen LogP contribution is 2.37. The Balaban J connectivity index is 1.95. The third-order valence-corrected chi connectivity index (χ3v) is 5.00. The van der Waals surface area contributed by atoms with E-state index in [0.29, 0.717) is 23.8 Å². The lowest BCUT2D eigenvalue weighted by Gasteiger charge is -2.26. The maximum Gasteiger partial charge on any atom is 0.227 e. The first-order valence-corrected chi connectivity index (χ1v) is 10.4. The monoisotopic (exact) mass is 429 g/mol. The van der Waals surface area contributed by atoms with E-state index in [-0.39, 0.29) is 17.3 Å². The van der Waals surface area contributed by atoms with Crippen LogP contribution in [0.1, 0.15) is 44.7 Å². The van der Waals surface area contributed by atoms with Gasteiger partial charge in [-0.2, -0.15) is 0 Å². The quantitative estimate of drug-likeness (QED) is 0.685. The molecule has 1 amide bonds. The first kappa shape index (κ1) is 22.0. The zero-order valence-corrected chi connectivity index (χ0v) is 18.7. The van der Waals surface area contributed by atoms with Crippen molar-refractivity contribution in [2.45, 2.75) is 52.1 Å². The molecule has 0 radical (unpaired) electrons. The third kappa shape index (κ3) is 5.48. The summed E-state index contributed by atoms with van der Waals surface area (Å²) >= 11 is 5.44. The molecule has 0 aromatic heterocycles. The van der Waals surface area contributed by atoms with E-state index in [0.717, 1.165) is 35.3 Å². The number of fused-ring (bicyclic) bond motifs is 1. The molecular weight excluding hydrogens is 401 g/mol. The summed E-state index contributed by atoms with van der Waals surface area (Å²) in [6.45, 7) is 6.41. The van der Waals surface area contributed by atoms with Gasteiger partial charge in [-0.25, -0.2) is 4.39 Å². The number of nitrogens with one attached hydrogen (secondary N) is 2. The molecule has 3 rings (SSSR count). The number of anilines is 2. The standard InChI is InChI=1S/C23H28FN3O2S/c1-23(2,3)26-22(30)25-18-12-16-8-6-10-21(28)27(19(16)13-20(18)29-4)14-15-7-5-9-17(24)11-15/h5,7,9,11-13H,6,8,10,14H2,1-4H3,(H2,25,26,30). The Morgan fingerprint density at radius 1 is 1.23 bits per heavy atom. The number of carbonyl (C=O) groups excluding carboxylic acids is 1. The van der Waals surface area contributed by atoms with Crippen LogP contribution >= 0.6 is 12.2 Å². The fourth-order valence-electron chi connectivity index (χ4n) is 3.52. The van der Waals surface area contributed by atoms with Crippen LogP contribution in [0.15, 0.2) is 36.4 Å². The number of aryl methyl sites for hydroxylation is 1. The predicted octanol–water partition coefficient (Wildman–Crippen LogP) is 4.79. The van der Waals surface area contributed by atoms with Gasteiger partial charge in [0.25, 0.3) is 0 Å². The Morgan fingerprint density at radius 2 is 2.00 bits per heavy atom.